The van der Waals surface area contributed by atoms with Crippen LogP contribution < -0.4 is 4.72 Å². The van der Waals surface area contributed by atoms with E-state index in [1.54, 1.807) is 0 Å². The fourth-order valence-electron chi connectivity index (χ4n) is 3.64. The van der Waals surface area contributed by atoms with Gasteiger partial charge in [0.05, 0.1) is 0 Å². The minimum atomic E-state index is -3.57. The van der Waals surface area contributed by atoms with Crippen molar-refractivity contribution < 1.29 is 13.2 Å². The first-order chi connectivity index (χ1) is 14.5. The van der Waals surface area contributed by atoms with Crippen molar-refractivity contribution in [2.45, 2.75) is 43.9 Å². The third-order valence-corrected chi connectivity index (χ3v) is 6.68. The molecule has 0 unspecified atom stereocenters. The van der Waals surface area contributed by atoms with Gasteiger partial charge in [-0.2, -0.15) is 5.10 Å². The van der Waals surface area contributed by atoms with Crippen molar-refractivity contribution >= 4 is 22.0 Å². The van der Waals surface area contributed by atoms with Gasteiger partial charge in [-0.3, -0.25) is 9.89 Å². The van der Waals surface area contributed by atoms with Gasteiger partial charge < -0.3 is 4.90 Å². The van der Waals surface area contributed by atoms with Crippen LogP contribution in [0.4, 0.5) is 0 Å². The molecule has 0 spiro atoms. The van der Waals surface area contributed by atoms with Gasteiger partial charge in [0.25, 0.3) is 0 Å². The molecule has 0 atom stereocenters. The van der Waals surface area contributed by atoms with E-state index >= 15 is 0 Å². The molecule has 1 aliphatic carbocycles. The number of carbonyl (C=O) groups is 1. The van der Waals surface area contributed by atoms with E-state index in [9.17, 15) is 13.2 Å². The second kappa shape index (κ2) is 9.09. The summed E-state index contributed by atoms with van der Waals surface area (Å²) in [6.07, 6.45) is 5.73. The lowest BCUT2D eigenvalue weighted by Crippen LogP contribution is -2.39. The molecule has 2 fully saturated rings. The Kier molecular flexibility index (Phi) is 6.29. The highest BCUT2D eigenvalue weighted by Gasteiger charge is 2.30. The second-order valence-corrected chi connectivity index (χ2v) is 9.56. The first kappa shape index (κ1) is 20.7. The first-order valence-corrected chi connectivity index (χ1v) is 12.0. The van der Waals surface area contributed by atoms with E-state index in [2.05, 4.69) is 19.9 Å². The van der Waals surface area contributed by atoms with Crippen molar-refractivity contribution in [1.82, 2.24) is 24.8 Å². The largest absolute Gasteiger partial charge is 0.343 e. The van der Waals surface area contributed by atoms with Gasteiger partial charge in [0, 0.05) is 43.3 Å². The lowest BCUT2D eigenvalue weighted by Gasteiger charge is -2.31. The van der Waals surface area contributed by atoms with Gasteiger partial charge in [-0.15, -0.1) is 0 Å². The third-order valence-electron chi connectivity index (χ3n) is 5.58. The minimum Gasteiger partial charge on any atom is -0.343 e. The van der Waals surface area contributed by atoms with E-state index in [1.165, 1.54) is 18.9 Å². The number of H-pyrrole nitrogens is 1. The van der Waals surface area contributed by atoms with Crippen molar-refractivity contribution in [2.24, 2.45) is 0 Å². The summed E-state index contributed by atoms with van der Waals surface area (Å²) in [5.41, 5.74) is 0.804. The topological polar surface area (TPSA) is 108 Å². The summed E-state index contributed by atoms with van der Waals surface area (Å²) in [7, 11) is -3.57. The Morgan fingerprint density at radius 2 is 1.87 bits per heavy atom. The lowest BCUT2D eigenvalue weighted by molar-refractivity contribution is -0.132. The molecule has 1 amide bonds. The Hall–Kier alpha value is -2.52. The van der Waals surface area contributed by atoms with Crippen LogP contribution in [0.2, 0.25) is 0 Å². The molecule has 1 saturated carbocycles. The van der Waals surface area contributed by atoms with Crippen LogP contribution in [-0.2, 0) is 14.8 Å². The van der Waals surface area contributed by atoms with E-state index in [1.807, 2.05) is 35.2 Å². The van der Waals surface area contributed by atoms with Crippen molar-refractivity contribution in [3.05, 3.63) is 53.0 Å². The van der Waals surface area contributed by atoms with E-state index in [-0.39, 0.29) is 18.9 Å². The zero-order chi connectivity index (χ0) is 21.0. The van der Waals surface area contributed by atoms with Gasteiger partial charge in [-0.25, -0.2) is 18.1 Å². The molecule has 0 radical (unpaired) electrons. The zero-order valence-electron chi connectivity index (χ0n) is 16.8. The van der Waals surface area contributed by atoms with Gasteiger partial charge in [-0.05, 0) is 37.3 Å². The molecule has 30 heavy (non-hydrogen) atoms. The average Bonchev–Trinajstić information content (AvgIpc) is 3.50. The van der Waals surface area contributed by atoms with Crippen LogP contribution in [0.15, 0.2) is 35.7 Å². The Morgan fingerprint density at radius 3 is 2.57 bits per heavy atom. The van der Waals surface area contributed by atoms with Crippen LogP contribution in [0.1, 0.15) is 61.2 Å². The first-order valence-electron chi connectivity index (χ1n) is 10.4. The van der Waals surface area contributed by atoms with Crippen molar-refractivity contribution in [3.63, 3.8) is 0 Å². The predicted molar refractivity (Wildman–Crippen MR) is 114 cm³/mol. The van der Waals surface area contributed by atoms with Crippen LogP contribution in [-0.4, -0.2) is 54.0 Å². The number of amides is 1. The highest BCUT2D eigenvalue weighted by Crippen LogP contribution is 2.38. The van der Waals surface area contributed by atoms with Crippen LogP contribution in [0.25, 0.3) is 6.08 Å². The second-order valence-electron chi connectivity index (χ2n) is 7.91. The molecule has 1 aromatic carbocycles. The summed E-state index contributed by atoms with van der Waals surface area (Å²) >= 11 is 0. The van der Waals surface area contributed by atoms with E-state index in [0.717, 1.165) is 35.5 Å². The Bertz CT molecular complexity index is 991. The number of nitrogens with one attached hydrogen (secondary N) is 2. The molecule has 2 aliphatic rings. The molecular formula is C21H27N5O3S. The van der Waals surface area contributed by atoms with Gasteiger partial charge >= 0.3 is 0 Å². The normalized spacial score (nSPS) is 18.2. The third kappa shape index (κ3) is 5.54. The minimum absolute atomic E-state index is 0.0283. The molecule has 2 aromatic rings. The number of hydrogen-bond acceptors (Lipinski definition) is 5. The number of nitrogens with zero attached hydrogens (tertiary/aromatic N) is 3. The number of piperidine rings is 1. The molecule has 8 nitrogen and oxygen atoms in total. The number of aromatic nitrogens is 3. The summed E-state index contributed by atoms with van der Waals surface area (Å²) in [6.45, 7) is 1.40. The molecular weight excluding hydrogens is 402 g/mol. The highest BCUT2D eigenvalue weighted by molar-refractivity contribution is 7.92. The number of benzene rings is 1. The number of rotatable bonds is 8. The van der Waals surface area contributed by atoms with Crippen molar-refractivity contribution in [3.8, 4) is 0 Å². The Balaban J connectivity index is 1.19. The number of hydrogen-bond donors (Lipinski definition) is 2. The van der Waals surface area contributed by atoms with Gasteiger partial charge in [0.1, 0.15) is 5.82 Å². The zero-order valence-corrected chi connectivity index (χ0v) is 17.6. The van der Waals surface area contributed by atoms with Crippen molar-refractivity contribution in [1.29, 1.82) is 0 Å². The van der Waals surface area contributed by atoms with E-state index < -0.39 is 10.0 Å². The molecule has 9 heteroatoms. The maximum Gasteiger partial charge on any atom is 0.233 e. The molecule has 1 saturated heterocycles. The Labute approximate surface area is 176 Å². The standard InChI is InChI=1S/C21H27N5O3S/c27-19(8-12-22-30(28,29)15-11-16-4-2-1-3-5-16)26-13-9-18(10-14-26)21-23-20(24-25-21)17-6-7-17/h1-5,11,15,17-18,22H,6-10,12-14H2,(H,23,24,25)/b15-11+. The van der Waals surface area contributed by atoms with E-state index in [0.29, 0.717) is 24.9 Å². The predicted octanol–water partition coefficient (Wildman–Crippen LogP) is 2.37. The summed E-state index contributed by atoms with van der Waals surface area (Å²) in [4.78, 5) is 18.9. The summed E-state index contributed by atoms with van der Waals surface area (Å²) < 4.78 is 26.6. The Morgan fingerprint density at radius 1 is 1.13 bits per heavy atom. The number of carbonyl (C=O) groups excluding carboxylic acids is 1. The van der Waals surface area contributed by atoms with Gasteiger partial charge in [0.2, 0.25) is 15.9 Å². The average molecular weight is 430 g/mol. The molecule has 160 valence electrons. The van der Waals surface area contributed by atoms with Crippen LogP contribution >= 0.6 is 0 Å². The molecule has 0 bridgehead atoms. The van der Waals surface area contributed by atoms with Gasteiger partial charge in [0.15, 0.2) is 5.82 Å². The molecule has 2 heterocycles. The summed E-state index contributed by atoms with van der Waals surface area (Å²) in [5.74, 6) is 2.66. The van der Waals surface area contributed by atoms with Crippen LogP contribution in [0.3, 0.4) is 0 Å². The number of aromatic amines is 1. The SMILES string of the molecule is O=C(CCNS(=O)(=O)/C=C/c1ccccc1)N1CCC(c2nc(C3CC3)n[nH]2)CC1. The molecule has 1 aromatic heterocycles. The van der Waals surface area contributed by atoms with Crippen molar-refractivity contribution in [2.75, 3.05) is 19.6 Å². The molecule has 2 N–H and O–H groups in total. The van der Waals surface area contributed by atoms with E-state index in [4.69, 9.17) is 0 Å². The maximum absolute atomic E-state index is 12.4. The molecule has 1 aliphatic heterocycles. The highest BCUT2D eigenvalue weighted by atomic mass is 32.2. The van der Waals surface area contributed by atoms with Gasteiger partial charge in [-0.1, -0.05) is 30.3 Å². The quantitative estimate of drug-likeness (QED) is 0.670. The fourth-order valence-corrected chi connectivity index (χ4v) is 4.45. The number of likely N-dealkylation sites (tertiary alicyclic amines) is 1. The lowest BCUT2D eigenvalue weighted by atomic mass is 9.96. The van der Waals surface area contributed by atoms with Crippen LogP contribution in [0.5, 0.6) is 0 Å². The summed E-state index contributed by atoms with van der Waals surface area (Å²) in [5, 5.41) is 8.52. The molecule has 4 rings (SSSR count). The number of sulfonamides is 1. The summed E-state index contributed by atoms with van der Waals surface area (Å²) in [6, 6.07) is 9.21. The fraction of sp³-hybridized carbons (Fsp3) is 0.476. The van der Waals surface area contributed by atoms with Crippen LogP contribution in [0, 0.1) is 0 Å². The smallest absolute Gasteiger partial charge is 0.233 e. The monoisotopic (exact) mass is 429 g/mol. The maximum atomic E-state index is 12.4.